The molecule has 3 heteroatoms. The van der Waals surface area contributed by atoms with E-state index in [2.05, 4.69) is 17.5 Å². The molecule has 0 spiro atoms. The molecular weight excluding hydrogens is 234 g/mol. The van der Waals surface area contributed by atoms with Gasteiger partial charge in [0.2, 0.25) is 0 Å². The molecule has 1 aliphatic rings. The van der Waals surface area contributed by atoms with Gasteiger partial charge in [0.05, 0.1) is 29.0 Å². The molecule has 0 aliphatic carbocycles. The van der Waals surface area contributed by atoms with Gasteiger partial charge in [-0.3, -0.25) is 0 Å². The Morgan fingerprint density at radius 3 is 2.11 bits per heavy atom. The number of nitrogens with one attached hydrogen (secondary N) is 1. The summed E-state index contributed by atoms with van der Waals surface area (Å²) in [4.78, 5) is 0. The maximum absolute atomic E-state index is 9.14. The minimum Gasteiger partial charge on any atom is -0.357 e. The first-order chi connectivity index (χ1) is 9.26. The van der Waals surface area contributed by atoms with E-state index in [9.17, 15) is 0 Å². The summed E-state index contributed by atoms with van der Waals surface area (Å²) in [5.41, 5.74) is 3.84. The highest BCUT2D eigenvalue weighted by atomic mass is 14.9. The molecule has 0 saturated heterocycles. The summed E-state index contributed by atoms with van der Waals surface area (Å²) in [5.74, 6) is 0. The van der Waals surface area contributed by atoms with Crippen molar-refractivity contribution in [1.82, 2.24) is 5.32 Å². The highest BCUT2D eigenvalue weighted by Gasteiger charge is 2.18. The third-order valence-corrected chi connectivity index (χ3v) is 2.75. The van der Waals surface area contributed by atoms with E-state index in [4.69, 9.17) is 10.5 Å². The topological polar surface area (TPSA) is 59.6 Å². The van der Waals surface area contributed by atoms with Gasteiger partial charge in [0.15, 0.2) is 0 Å². The summed E-state index contributed by atoms with van der Waals surface area (Å²) in [7, 11) is 0. The third kappa shape index (κ3) is 3.24. The van der Waals surface area contributed by atoms with Gasteiger partial charge in [0, 0.05) is 12.1 Å². The van der Waals surface area contributed by atoms with Crippen LogP contribution in [0.3, 0.4) is 0 Å². The first-order valence-corrected chi connectivity index (χ1v) is 6.32. The normalized spacial score (nSPS) is 13.7. The predicted molar refractivity (Wildman–Crippen MR) is 76.4 cm³/mol. The zero-order chi connectivity index (χ0) is 14.3. The second-order valence-corrected chi connectivity index (χ2v) is 3.85. The van der Waals surface area contributed by atoms with Crippen LogP contribution in [0.1, 0.15) is 32.8 Å². The Hall–Kier alpha value is -2.52. The lowest BCUT2D eigenvalue weighted by molar-refractivity contribution is 0.968. The molecule has 1 aromatic carbocycles. The van der Waals surface area contributed by atoms with Crippen molar-refractivity contribution in [3.8, 4) is 12.1 Å². The largest absolute Gasteiger partial charge is 0.357 e. The smallest absolute Gasteiger partial charge is 0.0973 e. The minimum absolute atomic E-state index is 0.413. The Kier molecular flexibility index (Phi) is 5.38. The lowest BCUT2D eigenvalue weighted by Gasteiger charge is -2.20. The number of benzene rings is 1. The van der Waals surface area contributed by atoms with Crippen molar-refractivity contribution in [2.24, 2.45) is 0 Å². The second-order valence-electron chi connectivity index (χ2n) is 3.85. The number of nitriles is 2. The Bertz CT molecular complexity index is 581. The second kappa shape index (κ2) is 7.03. The molecule has 19 heavy (non-hydrogen) atoms. The van der Waals surface area contributed by atoms with Gasteiger partial charge in [-0.05, 0) is 12.5 Å². The first kappa shape index (κ1) is 14.5. The maximum Gasteiger partial charge on any atom is 0.0973 e. The SMILES string of the molecule is CC.CC1=C(C#N)CC(C#N)=C(c2ccccc2)N1. The van der Waals surface area contributed by atoms with E-state index in [1.54, 1.807) is 0 Å². The van der Waals surface area contributed by atoms with Gasteiger partial charge >= 0.3 is 0 Å². The number of dihydropyridines is 1. The van der Waals surface area contributed by atoms with Crippen LogP contribution in [-0.2, 0) is 0 Å². The van der Waals surface area contributed by atoms with Gasteiger partial charge in [-0.1, -0.05) is 44.2 Å². The highest BCUT2D eigenvalue weighted by Crippen LogP contribution is 2.27. The zero-order valence-electron chi connectivity index (χ0n) is 11.5. The Morgan fingerprint density at radius 2 is 1.58 bits per heavy atom. The minimum atomic E-state index is 0.413. The lowest BCUT2D eigenvalue weighted by Crippen LogP contribution is -2.18. The molecule has 96 valence electrons. The van der Waals surface area contributed by atoms with E-state index >= 15 is 0 Å². The highest BCUT2D eigenvalue weighted by molar-refractivity contribution is 5.74. The summed E-state index contributed by atoms with van der Waals surface area (Å²) in [6.07, 6.45) is 0.413. The number of allylic oxidation sites excluding steroid dienone is 3. The van der Waals surface area contributed by atoms with Crippen LogP contribution in [0.4, 0.5) is 0 Å². The number of hydrogen-bond donors (Lipinski definition) is 1. The average Bonchev–Trinajstić information content (AvgIpc) is 2.50. The van der Waals surface area contributed by atoms with Crippen LogP contribution in [0.2, 0.25) is 0 Å². The summed E-state index contributed by atoms with van der Waals surface area (Å²) < 4.78 is 0. The van der Waals surface area contributed by atoms with Gasteiger partial charge in [-0.25, -0.2) is 0 Å². The van der Waals surface area contributed by atoms with Crippen LogP contribution in [-0.4, -0.2) is 0 Å². The van der Waals surface area contributed by atoms with E-state index in [0.29, 0.717) is 17.6 Å². The molecule has 0 unspecified atom stereocenters. The predicted octanol–water partition coefficient (Wildman–Crippen LogP) is 3.74. The molecule has 2 rings (SSSR count). The fourth-order valence-corrected chi connectivity index (χ4v) is 1.81. The first-order valence-electron chi connectivity index (χ1n) is 6.32. The van der Waals surface area contributed by atoms with E-state index in [-0.39, 0.29) is 0 Å². The van der Waals surface area contributed by atoms with Crippen molar-refractivity contribution in [3.05, 3.63) is 52.7 Å². The molecule has 1 aromatic rings. The van der Waals surface area contributed by atoms with Crippen molar-refractivity contribution in [2.75, 3.05) is 0 Å². The Balaban J connectivity index is 0.000000861. The summed E-state index contributed by atoms with van der Waals surface area (Å²) in [6, 6.07) is 14.0. The molecular formula is C16H17N3. The molecule has 3 nitrogen and oxygen atoms in total. The molecule has 1 heterocycles. The van der Waals surface area contributed by atoms with Crippen molar-refractivity contribution >= 4 is 5.70 Å². The van der Waals surface area contributed by atoms with Crippen LogP contribution in [0, 0.1) is 22.7 Å². The third-order valence-electron chi connectivity index (χ3n) is 2.75. The Labute approximate surface area is 114 Å². The van der Waals surface area contributed by atoms with E-state index < -0.39 is 0 Å². The fraction of sp³-hybridized carbons (Fsp3) is 0.250. The molecule has 0 bridgehead atoms. The lowest BCUT2D eigenvalue weighted by atomic mass is 9.96. The van der Waals surface area contributed by atoms with Crippen molar-refractivity contribution in [3.63, 3.8) is 0 Å². The molecule has 0 radical (unpaired) electrons. The van der Waals surface area contributed by atoms with Crippen LogP contribution in [0.25, 0.3) is 5.70 Å². The summed E-state index contributed by atoms with van der Waals surface area (Å²) in [5, 5.41) is 21.2. The average molecular weight is 251 g/mol. The van der Waals surface area contributed by atoms with Crippen LogP contribution >= 0.6 is 0 Å². The van der Waals surface area contributed by atoms with Crippen molar-refractivity contribution in [2.45, 2.75) is 27.2 Å². The molecule has 1 N–H and O–H groups in total. The van der Waals surface area contributed by atoms with E-state index in [0.717, 1.165) is 17.0 Å². The molecule has 0 saturated carbocycles. The van der Waals surface area contributed by atoms with Gasteiger partial charge in [0.25, 0.3) is 0 Å². The van der Waals surface area contributed by atoms with E-state index in [1.165, 1.54) is 0 Å². The monoisotopic (exact) mass is 251 g/mol. The number of hydrogen-bond acceptors (Lipinski definition) is 3. The summed E-state index contributed by atoms with van der Waals surface area (Å²) in [6.45, 7) is 5.86. The quantitative estimate of drug-likeness (QED) is 0.827. The maximum atomic E-state index is 9.14. The van der Waals surface area contributed by atoms with Crippen LogP contribution < -0.4 is 5.32 Å². The summed E-state index contributed by atoms with van der Waals surface area (Å²) >= 11 is 0. The van der Waals surface area contributed by atoms with Crippen molar-refractivity contribution < 1.29 is 0 Å². The molecule has 0 aromatic heterocycles. The van der Waals surface area contributed by atoms with Gasteiger partial charge in [-0.2, -0.15) is 10.5 Å². The molecule has 1 aliphatic heterocycles. The van der Waals surface area contributed by atoms with Gasteiger partial charge < -0.3 is 5.32 Å². The zero-order valence-corrected chi connectivity index (χ0v) is 11.5. The Morgan fingerprint density at radius 1 is 1.00 bits per heavy atom. The van der Waals surface area contributed by atoms with Crippen LogP contribution in [0.15, 0.2) is 47.2 Å². The number of nitrogens with zero attached hydrogens (tertiary/aromatic N) is 2. The van der Waals surface area contributed by atoms with Gasteiger partial charge in [-0.15, -0.1) is 0 Å². The standard InChI is InChI=1S/C14H11N3.C2H6/c1-10-12(8-15)7-13(9-16)14(17-10)11-5-3-2-4-6-11;1-2/h2-6,17H,7H2,1H3;1-2H3. The van der Waals surface area contributed by atoms with Gasteiger partial charge in [0.1, 0.15) is 0 Å². The molecule has 0 fully saturated rings. The van der Waals surface area contributed by atoms with E-state index in [1.807, 2.05) is 51.1 Å². The molecule has 0 amide bonds. The number of rotatable bonds is 1. The van der Waals surface area contributed by atoms with Crippen molar-refractivity contribution in [1.29, 1.82) is 10.5 Å². The molecule has 0 atom stereocenters. The fourth-order valence-electron chi connectivity index (χ4n) is 1.81. The van der Waals surface area contributed by atoms with Crippen LogP contribution in [0.5, 0.6) is 0 Å².